The van der Waals surface area contributed by atoms with Crippen molar-refractivity contribution in [2.75, 3.05) is 6.61 Å². The zero-order chi connectivity index (χ0) is 20.1. The van der Waals surface area contributed by atoms with E-state index in [0.29, 0.717) is 0 Å². The van der Waals surface area contributed by atoms with E-state index in [9.17, 15) is 30.4 Å². The van der Waals surface area contributed by atoms with Crippen molar-refractivity contribution in [1.82, 2.24) is 4.57 Å². The third kappa shape index (κ3) is 3.91. The number of aliphatic hydroxyl groups excluding tert-OH is 1. The number of azo groups is 1. The second-order valence-corrected chi connectivity index (χ2v) is 5.45. The molecule has 27 heavy (non-hydrogen) atoms. The molecule has 0 aliphatic heterocycles. The van der Waals surface area contributed by atoms with E-state index in [-0.39, 0.29) is 42.1 Å². The van der Waals surface area contributed by atoms with Gasteiger partial charge in [-0.25, -0.2) is 0 Å². The topological polar surface area (TPSA) is 174 Å². The van der Waals surface area contributed by atoms with Crippen molar-refractivity contribution in [3.63, 3.8) is 0 Å². The standard InChI is InChI=1S/C16H15N5O6/c1-9-11(8-17)15(24)20(5-2-6-22)16(25)14(9)19-18-10-3-4-13(23)12(7-10)21(26)27/h3-4,7,22-24H,2,5-6H2,1H3. The fourth-order valence-corrected chi connectivity index (χ4v) is 2.32. The highest BCUT2D eigenvalue weighted by Crippen LogP contribution is 2.31. The Bertz CT molecular complexity index is 1020. The summed E-state index contributed by atoms with van der Waals surface area (Å²) in [5.41, 5.74) is -1.60. The number of hydrogen-bond donors (Lipinski definition) is 3. The maximum absolute atomic E-state index is 12.5. The zero-order valence-electron chi connectivity index (χ0n) is 14.2. The van der Waals surface area contributed by atoms with Crippen molar-refractivity contribution in [2.45, 2.75) is 19.9 Å². The van der Waals surface area contributed by atoms with Gasteiger partial charge in [-0.1, -0.05) is 0 Å². The van der Waals surface area contributed by atoms with Crippen LogP contribution in [-0.4, -0.2) is 31.4 Å². The van der Waals surface area contributed by atoms with Gasteiger partial charge in [-0.3, -0.25) is 19.5 Å². The van der Waals surface area contributed by atoms with Gasteiger partial charge in [0.1, 0.15) is 11.6 Å². The molecule has 11 heteroatoms. The number of rotatable bonds is 6. The van der Waals surface area contributed by atoms with E-state index in [0.717, 1.165) is 16.7 Å². The van der Waals surface area contributed by atoms with Crippen LogP contribution in [0.1, 0.15) is 17.5 Å². The monoisotopic (exact) mass is 373 g/mol. The molecule has 1 heterocycles. The van der Waals surface area contributed by atoms with Crippen molar-refractivity contribution >= 4 is 17.1 Å². The third-order valence-electron chi connectivity index (χ3n) is 3.73. The number of phenolic OH excluding ortho intramolecular Hbond substituents is 1. The molecule has 0 radical (unpaired) electrons. The third-order valence-corrected chi connectivity index (χ3v) is 3.73. The Morgan fingerprint density at radius 3 is 2.63 bits per heavy atom. The highest BCUT2D eigenvalue weighted by molar-refractivity contribution is 5.58. The van der Waals surface area contributed by atoms with Crippen LogP contribution in [-0.2, 0) is 6.54 Å². The number of nitrogens with zero attached hydrogens (tertiary/aromatic N) is 5. The van der Waals surface area contributed by atoms with Gasteiger partial charge in [-0.15, -0.1) is 5.11 Å². The van der Waals surface area contributed by atoms with E-state index in [1.54, 1.807) is 6.07 Å². The summed E-state index contributed by atoms with van der Waals surface area (Å²) >= 11 is 0. The van der Waals surface area contributed by atoms with Crippen LogP contribution in [0.15, 0.2) is 33.2 Å². The molecule has 0 spiro atoms. The second kappa shape index (κ2) is 8.07. The number of benzene rings is 1. The van der Waals surface area contributed by atoms with Crippen molar-refractivity contribution < 1.29 is 20.2 Å². The summed E-state index contributed by atoms with van der Waals surface area (Å²) < 4.78 is 0.898. The smallest absolute Gasteiger partial charge is 0.312 e. The van der Waals surface area contributed by atoms with Crippen LogP contribution in [0.2, 0.25) is 0 Å². The van der Waals surface area contributed by atoms with E-state index in [1.165, 1.54) is 13.0 Å². The Morgan fingerprint density at radius 1 is 1.33 bits per heavy atom. The first-order valence-electron chi connectivity index (χ1n) is 7.68. The molecule has 0 aliphatic carbocycles. The molecule has 140 valence electrons. The summed E-state index contributed by atoms with van der Waals surface area (Å²) in [6.07, 6.45) is 0.169. The fraction of sp³-hybridized carbons (Fsp3) is 0.250. The van der Waals surface area contributed by atoms with Crippen LogP contribution in [0, 0.1) is 28.4 Å². The van der Waals surface area contributed by atoms with Crippen molar-refractivity contribution in [1.29, 1.82) is 5.26 Å². The quantitative estimate of drug-likeness (QED) is 0.395. The summed E-state index contributed by atoms with van der Waals surface area (Å²) in [5, 5.41) is 56.1. The van der Waals surface area contributed by atoms with Crippen LogP contribution in [0.25, 0.3) is 0 Å². The SMILES string of the molecule is Cc1c(C#N)c(O)n(CCCO)c(=O)c1N=Nc1ccc(O)c([N+](=O)[O-])c1. The highest BCUT2D eigenvalue weighted by Gasteiger charge is 2.19. The maximum Gasteiger partial charge on any atom is 0.312 e. The fourth-order valence-electron chi connectivity index (χ4n) is 2.32. The molecule has 0 amide bonds. The van der Waals surface area contributed by atoms with Gasteiger partial charge < -0.3 is 15.3 Å². The Labute approximate surface area is 152 Å². The van der Waals surface area contributed by atoms with Gasteiger partial charge in [0.05, 0.1) is 10.6 Å². The first-order chi connectivity index (χ1) is 12.8. The Kier molecular flexibility index (Phi) is 5.84. The van der Waals surface area contributed by atoms with Crippen LogP contribution in [0.5, 0.6) is 11.6 Å². The average Bonchev–Trinajstić information content (AvgIpc) is 2.63. The minimum atomic E-state index is -0.796. The largest absolute Gasteiger partial charge is 0.502 e. The molecule has 2 aromatic rings. The number of nitro benzene ring substituents is 1. The van der Waals surface area contributed by atoms with Gasteiger partial charge in [-0.05, 0) is 25.5 Å². The molecule has 0 saturated carbocycles. The molecule has 0 aliphatic rings. The highest BCUT2D eigenvalue weighted by atomic mass is 16.6. The van der Waals surface area contributed by atoms with Crippen molar-refractivity contribution in [2.24, 2.45) is 10.2 Å². The van der Waals surface area contributed by atoms with E-state index in [2.05, 4.69) is 10.2 Å². The van der Waals surface area contributed by atoms with Gasteiger partial charge in [0.2, 0.25) is 5.88 Å². The molecular formula is C16H15N5O6. The number of aliphatic hydroxyl groups is 1. The Morgan fingerprint density at radius 2 is 2.04 bits per heavy atom. The molecule has 0 bridgehead atoms. The summed E-state index contributed by atoms with van der Waals surface area (Å²) in [4.78, 5) is 22.6. The number of hydrogen-bond acceptors (Lipinski definition) is 9. The lowest BCUT2D eigenvalue weighted by Crippen LogP contribution is -2.22. The normalized spacial score (nSPS) is 10.9. The predicted octanol–water partition coefficient (Wildman–Crippen LogP) is 2.15. The second-order valence-electron chi connectivity index (χ2n) is 5.45. The summed E-state index contributed by atoms with van der Waals surface area (Å²) in [5.74, 6) is -1.08. The van der Waals surface area contributed by atoms with Gasteiger partial charge in [0, 0.05) is 24.8 Å². The van der Waals surface area contributed by atoms with Crippen molar-refractivity contribution in [3.8, 4) is 17.7 Å². The van der Waals surface area contributed by atoms with Gasteiger partial charge in [0.15, 0.2) is 11.4 Å². The minimum Gasteiger partial charge on any atom is -0.502 e. The van der Waals surface area contributed by atoms with Gasteiger partial charge in [-0.2, -0.15) is 10.4 Å². The van der Waals surface area contributed by atoms with Crippen LogP contribution >= 0.6 is 0 Å². The van der Waals surface area contributed by atoms with Gasteiger partial charge in [0.25, 0.3) is 5.56 Å². The number of aromatic hydroxyl groups is 2. The van der Waals surface area contributed by atoms with E-state index in [4.69, 9.17) is 5.11 Å². The predicted molar refractivity (Wildman–Crippen MR) is 92.5 cm³/mol. The Hall–Kier alpha value is -3.78. The van der Waals surface area contributed by atoms with Crippen molar-refractivity contribution in [3.05, 3.63) is 49.8 Å². The molecular weight excluding hydrogens is 358 g/mol. The molecule has 0 unspecified atom stereocenters. The molecule has 11 nitrogen and oxygen atoms in total. The number of nitro groups is 1. The number of aromatic nitrogens is 1. The Balaban J connectivity index is 2.57. The molecule has 3 N–H and O–H groups in total. The van der Waals surface area contributed by atoms with Crippen LogP contribution in [0.3, 0.4) is 0 Å². The first kappa shape index (κ1) is 19.5. The van der Waals surface area contributed by atoms with E-state index >= 15 is 0 Å². The molecule has 0 saturated heterocycles. The molecule has 2 rings (SSSR count). The lowest BCUT2D eigenvalue weighted by Gasteiger charge is -2.12. The molecule has 1 aromatic carbocycles. The van der Waals surface area contributed by atoms with Crippen LogP contribution in [0.4, 0.5) is 17.1 Å². The molecule has 0 atom stereocenters. The molecule has 1 aromatic heterocycles. The van der Waals surface area contributed by atoms with Crippen LogP contribution < -0.4 is 5.56 Å². The summed E-state index contributed by atoms with van der Waals surface area (Å²) in [6, 6.07) is 5.08. The lowest BCUT2D eigenvalue weighted by atomic mass is 10.1. The average molecular weight is 373 g/mol. The number of nitriles is 1. The van der Waals surface area contributed by atoms with E-state index < -0.39 is 27.8 Å². The number of pyridine rings is 1. The first-order valence-corrected chi connectivity index (χ1v) is 7.68. The number of phenols is 1. The zero-order valence-corrected chi connectivity index (χ0v) is 14.2. The summed E-state index contributed by atoms with van der Waals surface area (Å²) in [7, 11) is 0. The minimum absolute atomic E-state index is 0.00629. The van der Waals surface area contributed by atoms with Gasteiger partial charge >= 0.3 is 5.69 Å². The van der Waals surface area contributed by atoms with E-state index in [1.807, 2.05) is 0 Å². The maximum atomic E-state index is 12.5. The lowest BCUT2D eigenvalue weighted by molar-refractivity contribution is -0.385. The summed E-state index contributed by atoms with van der Waals surface area (Å²) in [6.45, 7) is 1.14. The molecule has 0 fully saturated rings.